The smallest absolute Gasteiger partial charge is 0.0838 e. The summed E-state index contributed by atoms with van der Waals surface area (Å²) in [5, 5.41) is 0. The average molecular weight is 608 g/mol. The lowest BCUT2D eigenvalue weighted by Crippen LogP contribution is -1.93. The molecule has 0 atom stereocenters. The summed E-state index contributed by atoms with van der Waals surface area (Å²) in [5.74, 6) is 0. The third-order valence-electron chi connectivity index (χ3n) is 7.54. The van der Waals surface area contributed by atoms with Crippen molar-refractivity contribution in [1.29, 1.82) is 0 Å². The third kappa shape index (κ3) is 2.66. The molecule has 0 saturated carbocycles. The van der Waals surface area contributed by atoms with E-state index in [-0.39, 0.29) is 0 Å². The zero-order chi connectivity index (χ0) is 25.0. The molecule has 37 heavy (non-hydrogen) atoms. The molecule has 8 heterocycles. The van der Waals surface area contributed by atoms with Gasteiger partial charge < -0.3 is 4.57 Å². The Morgan fingerprint density at radius 3 is 1.89 bits per heavy atom. The van der Waals surface area contributed by atoms with Gasteiger partial charge in [-0.2, -0.15) is 10.0 Å². The molecule has 0 N–H and O–H groups in total. The van der Waals surface area contributed by atoms with E-state index in [9.17, 15) is 0 Å². The lowest BCUT2D eigenvalue weighted by atomic mass is 10.2. The molecule has 9 rings (SSSR count). The summed E-state index contributed by atoms with van der Waals surface area (Å²) in [6, 6.07) is 13.9. The van der Waals surface area contributed by atoms with Crippen molar-refractivity contribution in [3.05, 3.63) is 51.7 Å². The van der Waals surface area contributed by atoms with Crippen molar-refractivity contribution in [3.8, 4) is 15.4 Å². The van der Waals surface area contributed by atoms with E-state index in [1.165, 1.54) is 60.2 Å². The molecule has 1 nitrogen and oxygen atoms in total. The molecule has 0 spiro atoms. The summed E-state index contributed by atoms with van der Waals surface area (Å²) in [4.78, 5) is 9.26. The number of rotatable bonds is 1. The van der Waals surface area contributed by atoms with Gasteiger partial charge in [-0.1, -0.05) is 17.7 Å². The molecule has 0 unspecified atom stereocenters. The monoisotopic (exact) mass is 607 g/mol. The molecule has 0 radical (unpaired) electrons. The minimum atomic E-state index is -1.06. The summed E-state index contributed by atoms with van der Waals surface area (Å²) < 4.78 is 14.5. The van der Waals surface area contributed by atoms with Crippen LogP contribution in [0.25, 0.3) is 64.1 Å². The van der Waals surface area contributed by atoms with Crippen LogP contribution in [0.5, 0.6) is 0 Å². The number of hydrogen-bond acceptors (Lipinski definition) is 6. The highest BCUT2D eigenvalue weighted by Gasteiger charge is 2.41. The quantitative estimate of drug-likeness (QED) is 0.175. The van der Waals surface area contributed by atoms with Crippen molar-refractivity contribution in [1.82, 2.24) is 4.57 Å². The summed E-state index contributed by atoms with van der Waals surface area (Å²) in [6.45, 7) is 6.67. The number of fused-ring (bicyclic) bond motifs is 13. The second-order valence-electron chi connectivity index (χ2n) is 10.3. The molecule has 1 aliphatic heterocycles. The maximum absolute atomic E-state index is 2.60. The molecule has 8 aromatic rings. The summed E-state index contributed by atoms with van der Waals surface area (Å²) >= 11 is 12.1. The SMILES string of the molecule is Cc1ccc(-n2c3c4sc(C)cc4sc3c3sc4c5c(sc4c32)-c2sc3cc(C)sc3c2S5(C)C)cc1. The van der Waals surface area contributed by atoms with Crippen LogP contribution in [0.2, 0.25) is 0 Å². The Balaban J connectivity index is 1.44. The Morgan fingerprint density at radius 2 is 1.14 bits per heavy atom. The van der Waals surface area contributed by atoms with E-state index in [0.29, 0.717) is 0 Å². The molecule has 1 aliphatic rings. The zero-order valence-corrected chi connectivity index (χ0v) is 26.5. The molecular formula is C29H21NS7. The summed E-state index contributed by atoms with van der Waals surface area (Å²) in [6.07, 6.45) is 5.09. The summed E-state index contributed by atoms with van der Waals surface area (Å²) in [5.41, 5.74) is 5.44. The van der Waals surface area contributed by atoms with Crippen LogP contribution in [0.3, 0.4) is 0 Å². The molecule has 0 amide bonds. The van der Waals surface area contributed by atoms with Crippen LogP contribution >= 0.6 is 78.0 Å². The van der Waals surface area contributed by atoms with Gasteiger partial charge in [0, 0.05) is 34.6 Å². The van der Waals surface area contributed by atoms with Gasteiger partial charge in [-0.3, -0.25) is 0 Å². The van der Waals surface area contributed by atoms with Crippen LogP contribution in [0, 0.1) is 20.8 Å². The van der Waals surface area contributed by atoms with Crippen molar-refractivity contribution in [2.24, 2.45) is 0 Å². The van der Waals surface area contributed by atoms with Gasteiger partial charge in [0.1, 0.15) is 0 Å². The first-order valence-electron chi connectivity index (χ1n) is 12.1. The van der Waals surface area contributed by atoms with E-state index in [1.807, 2.05) is 45.3 Å². The van der Waals surface area contributed by atoms with Crippen LogP contribution in [0.4, 0.5) is 0 Å². The first-order chi connectivity index (χ1) is 17.8. The zero-order valence-electron chi connectivity index (χ0n) is 20.8. The molecular weight excluding hydrogens is 587 g/mol. The lowest BCUT2D eigenvalue weighted by molar-refractivity contribution is 1.19. The van der Waals surface area contributed by atoms with Crippen LogP contribution in [0.15, 0.2) is 46.2 Å². The first-order valence-corrected chi connectivity index (χ1v) is 19.4. The van der Waals surface area contributed by atoms with Gasteiger partial charge in [-0.25, -0.2) is 0 Å². The molecule has 7 aromatic heterocycles. The Bertz CT molecular complexity index is 2240. The predicted octanol–water partition coefficient (Wildman–Crippen LogP) is 12.0. The molecule has 184 valence electrons. The molecule has 0 bridgehead atoms. The van der Waals surface area contributed by atoms with Gasteiger partial charge in [0.2, 0.25) is 0 Å². The average Bonchev–Trinajstić information content (AvgIpc) is 3.64. The van der Waals surface area contributed by atoms with Gasteiger partial charge in [-0.05, 0) is 57.5 Å². The number of aromatic nitrogens is 1. The van der Waals surface area contributed by atoms with Crippen LogP contribution in [0.1, 0.15) is 15.3 Å². The highest BCUT2D eigenvalue weighted by Crippen LogP contribution is 2.76. The predicted molar refractivity (Wildman–Crippen MR) is 176 cm³/mol. The summed E-state index contributed by atoms with van der Waals surface area (Å²) in [7, 11) is -1.06. The van der Waals surface area contributed by atoms with Crippen molar-refractivity contribution in [3.63, 3.8) is 0 Å². The number of hydrogen-bond donors (Lipinski definition) is 0. The van der Waals surface area contributed by atoms with Gasteiger partial charge in [0.05, 0.1) is 49.0 Å². The standard InChI is InChI=1S/C29H21NS7/c1-12-6-8-15(9-7-12)30-18-20-16(10-13(2)31-20)33-22(18)23-19(30)24-25(35-23)29-27(36-24)26-28(37(29,4)5)21-17(34-26)11-14(3)32-21/h6-11H,1-5H3. The van der Waals surface area contributed by atoms with E-state index in [1.54, 1.807) is 28.9 Å². The minimum Gasteiger partial charge on any atom is -0.305 e. The highest BCUT2D eigenvalue weighted by atomic mass is 32.3. The number of benzene rings is 1. The number of nitrogens with zero attached hydrogens (tertiary/aromatic N) is 1. The molecule has 8 heteroatoms. The van der Waals surface area contributed by atoms with Crippen molar-refractivity contribution < 1.29 is 0 Å². The number of aryl methyl sites for hydroxylation is 3. The molecule has 0 saturated heterocycles. The van der Waals surface area contributed by atoms with E-state index in [2.05, 4.69) is 96.9 Å². The second kappa shape index (κ2) is 7.10. The Hall–Kier alpha value is -1.65. The maximum Gasteiger partial charge on any atom is 0.0838 e. The largest absolute Gasteiger partial charge is 0.305 e. The fraction of sp³-hybridized carbons (Fsp3) is 0.172. The van der Waals surface area contributed by atoms with Crippen LogP contribution in [-0.4, -0.2) is 17.1 Å². The van der Waals surface area contributed by atoms with Gasteiger partial charge in [-0.15, -0.1) is 68.0 Å². The minimum absolute atomic E-state index is 1.06. The highest BCUT2D eigenvalue weighted by molar-refractivity contribution is 8.33. The molecule has 1 aromatic carbocycles. The van der Waals surface area contributed by atoms with E-state index >= 15 is 0 Å². The second-order valence-corrected chi connectivity index (χ2v) is 20.5. The molecule has 0 aliphatic carbocycles. The van der Waals surface area contributed by atoms with Crippen LogP contribution in [-0.2, 0) is 0 Å². The lowest BCUT2D eigenvalue weighted by Gasteiger charge is -2.26. The maximum atomic E-state index is 2.60. The fourth-order valence-electron chi connectivity index (χ4n) is 5.99. The van der Waals surface area contributed by atoms with Crippen molar-refractivity contribution >= 4 is 127 Å². The number of thiophene rings is 6. The third-order valence-corrected chi connectivity index (χ3v) is 18.4. The van der Waals surface area contributed by atoms with Gasteiger partial charge >= 0.3 is 0 Å². The molecule has 0 fully saturated rings. The fourth-order valence-corrected chi connectivity index (χ4v) is 19.5. The Kier molecular flexibility index (Phi) is 4.26. The van der Waals surface area contributed by atoms with E-state index in [4.69, 9.17) is 0 Å². The normalized spacial score (nSPS) is 15.7. The van der Waals surface area contributed by atoms with E-state index < -0.39 is 10.0 Å². The van der Waals surface area contributed by atoms with Crippen LogP contribution < -0.4 is 0 Å². The van der Waals surface area contributed by atoms with Crippen molar-refractivity contribution in [2.75, 3.05) is 12.5 Å². The topological polar surface area (TPSA) is 4.93 Å². The first kappa shape index (κ1) is 22.2. The van der Waals surface area contributed by atoms with E-state index in [0.717, 1.165) is 0 Å². The van der Waals surface area contributed by atoms with Crippen molar-refractivity contribution in [2.45, 2.75) is 30.6 Å². The van der Waals surface area contributed by atoms with Gasteiger partial charge in [0.15, 0.2) is 0 Å². The Labute approximate surface area is 239 Å². The Morgan fingerprint density at radius 1 is 0.568 bits per heavy atom. The van der Waals surface area contributed by atoms with Gasteiger partial charge in [0.25, 0.3) is 0 Å².